The fourth-order valence-corrected chi connectivity index (χ4v) is 2.90. The van der Waals surface area contributed by atoms with Gasteiger partial charge in [0.15, 0.2) is 5.82 Å². The van der Waals surface area contributed by atoms with Gasteiger partial charge in [-0.25, -0.2) is 0 Å². The van der Waals surface area contributed by atoms with Crippen LogP contribution in [0.1, 0.15) is 63.1 Å². The Bertz CT molecular complexity index is 676. The summed E-state index contributed by atoms with van der Waals surface area (Å²) in [5, 5.41) is 8.49. The maximum absolute atomic E-state index is 12.6. The Balaban J connectivity index is 1.70. The molecule has 0 saturated carbocycles. The molecule has 1 atom stereocenters. The van der Waals surface area contributed by atoms with E-state index in [1.165, 1.54) is 0 Å². The van der Waals surface area contributed by atoms with Crippen molar-refractivity contribution in [3.05, 3.63) is 29.7 Å². The Morgan fingerprint density at radius 1 is 1.48 bits per heavy atom. The second-order valence-corrected chi connectivity index (χ2v) is 6.20. The molecule has 0 unspecified atom stereocenters. The van der Waals surface area contributed by atoms with Gasteiger partial charge in [-0.05, 0) is 32.8 Å². The van der Waals surface area contributed by atoms with Crippen LogP contribution >= 0.6 is 0 Å². The lowest BCUT2D eigenvalue weighted by molar-refractivity contribution is -0.131. The van der Waals surface area contributed by atoms with Crippen LogP contribution in [0.5, 0.6) is 0 Å². The van der Waals surface area contributed by atoms with Gasteiger partial charge in [0.2, 0.25) is 11.8 Å². The van der Waals surface area contributed by atoms with Gasteiger partial charge in [-0.15, -0.1) is 0 Å². The predicted molar refractivity (Wildman–Crippen MR) is 83.7 cm³/mol. The van der Waals surface area contributed by atoms with Crippen molar-refractivity contribution in [1.29, 1.82) is 0 Å². The van der Waals surface area contributed by atoms with Crippen LogP contribution in [0.25, 0.3) is 0 Å². The SMILES string of the molecule is CCc1nc([C@@H]2CCCN2C(=O)Cc2ccn(C(C)C)n2)no1. The van der Waals surface area contributed by atoms with Crippen molar-refractivity contribution in [3.8, 4) is 0 Å². The third-order valence-electron chi connectivity index (χ3n) is 4.18. The number of rotatable bonds is 5. The summed E-state index contributed by atoms with van der Waals surface area (Å²) >= 11 is 0. The van der Waals surface area contributed by atoms with Gasteiger partial charge in [-0.1, -0.05) is 12.1 Å². The van der Waals surface area contributed by atoms with Crippen LogP contribution in [-0.4, -0.2) is 37.3 Å². The standard InChI is InChI=1S/C16H23N5O2/c1-4-14-17-16(19-23-14)13-6-5-8-20(13)15(22)10-12-7-9-21(18-12)11(2)3/h7,9,11,13H,4-6,8,10H2,1-3H3/t13-/m0/s1. The van der Waals surface area contributed by atoms with Gasteiger partial charge >= 0.3 is 0 Å². The minimum Gasteiger partial charge on any atom is -0.339 e. The molecule has 23 heavy (non-hydrogen) atoms. The summed E-state index contributed by atoms with van der Waals surface area (Å²) in [4.78, 5) is 18.9. The van der Waals surface area contributed by atoms with E-state index in [-0.39, 0.29) is 11.9 Å². The van der Waals surface area contributed by atoms with E-state index < -0.39 is 0 Å². The number of likely N-dealkylation sites (tertiary alicyclic amines) is 1. The summed E-state index contributed by atoms with van der Waals surface area (Å²) in [7, 11) is 0. The molecule has 1 aliphatic heterocycles. The molecule has 1 fully saturated rings. The molecular weight excluding hydrogens is 294 g/mol. The molecule has 1 amide bonds. The maximum Gasteiger partial charge on any atom is 0.229 e. The zero-order valence-electron chi connectivity index (χ0n) is 13.9. The summed E-state index contributed by atoms with van der Waals surface area (Å²) in [5.74, 6) is 1.32. The molecular formula is C16H23N5O2. The van der Waals surface area contributed by atoms with E-state index in [9.17, 15) is 4.79 Å². The van der Waals surface area contributed by atoms with Gasteiger partial charge in [0, 0.05) is 25.2 Å². The summed E-state index contributed by atoms with van der Waals surface area (Å²) < 4.78 is 7.06. The number of carbonyl (C=O) groups is 1. The van der Waals surface area contributed by atoms with Gasteiger partial charge in [-0.2, -0.15) is 10.1 Å². The molecule has 0 radical (unpaired) electrons. The van der Waals surface area contributed by atoms with Crippen molar-refractivity contribution < 1.29 is 9.32 Å². The van der Waals surface area contributed by atoms with Crippen molar-refractivity contribution in [3.63, 3.8) is 0 Å². The van der Waals surface area contributed by atoms with E-state index in [0.717, 1.165) is 25.1 Å². The molecule has 1 aliphatic rings. The smallest absolute Gasteiger partial charge is 0.229 e. The lowest BCUT2D eigenvalue weighted by Gasteiger charge is -2.21. The Labute approximate surface area is 135 Å². The second-order valence-electron chi connectivity index (χ2n) is 6.20. The lowest BCUT2D eigenvalue weighted by atomic mass is 10.2. The Morgan fingerprint density at radius 3 is 2.96 bits per heavy atom. The second kappa shape index (κ2) is 6.52. The molecule has 1 saturated heterocycles. The zero-order chi connectivity index (χ0) is 16.4. The molecule has 0 spiro atoms. The van der Waals surface area contributed by atoms with Crippen LogP contribution in [0, 0.1) is 0 Å². The number of aryl methyl sites for hydroxylation is 1. The van der Waals surface area contributed by atoms with Crippen LogP contribution < -0.4 is 0 Å². The Morgan fingerprint density at radius 2 is 2.30 bits per heavy atom. The van der Waals surface area contributed by atoms with Crippen LogP contribution in [-0.2, 0) is 17.6 Å². The molecule has 0 aliphatic carbocycles. The summed E-state index contributed by atoms with van der Waals surface area (Å²) in [6.45, 7) is 6.84. The van der Waals surface area contributed by atoms with E-state index in [1.807, 2.05) is 28.8 Å². The third-order valence-corrected chi connectivity index (χ3v) is 4.18. The summed E-state index contributed by atoms with van der Waals surface area (Å²) in [6, 6.07) is 2.14. The first-order chi connectivity index (χ1) is 11.1. The lowest BCUT2D eigenvalue weighted by Crippen LogP contribution is -2.32. The normalized spacial score (nSPS) is 18.1. The van der Waals surface area contributed by atoms with Crippen LogP contribution in [0.15, 0.2) is 16.8 Å². The number of hydrogen-bond donors (Lipinski definition) is 0. The highest BCUT2D eigenvalue weighted by Crippen LogP contribution is 2.30. The fraction of sp³-hybridized carbons (Fsp3) is 0.625. The van der Waals surface area contributed by atoms with E-state index in [4.69, 9.17) is 4.52 Å². The first kappa shape index (κ1) is 15.7. The third kappa shape index (κ3) is 3.28. The molecule has 2 aromatic heterocycles. The molecule has 0 bridgehead atoms. The minimum absolute atomic E-state index is 0.0706. The first-order valence-electron chi connectivity index (χ1n) is 8.24. The highest BCUT2D eigenvalue weighted by atomic mass is 16.5. The summed E-state index contributed by atoms with van der Waals surface area (Å²) in [6.07, 6.45) is 4.79. The van der Waals surface area contributed by atoms with Crippen molar-refractivity contribution in [2.24, 2.45) is 0 Å². The molecule has 2 aromatic rings. The average Bonchev–Trinajstić information content (AvgIpc) is 3.26. The largest absolute Gasteiger partial charge is 0.339 e. The van der Waals surface area contributed by atoms with Crippen molar-refractivity contribution in [1.82, 2.24) is 24.8 Å². The first-order valence-corrected chi connectivity index (χ1v) is 8.24. The van der Waals surface area contributed by atoms with Crippen molar-refractivity contribution in [2.75, 3.05) is 6.54 Å². The van der Waals surface area contributed by atoms with Gasteiger partial charge in [0.05, 0.1) is 18.2 Å². The van der Waals surface area contributed by atoms with E-state index in [2.05, 4.69) is 29.1 Å². The quantitative estimate of drug-likeness (QED) is 0.845. The molecule has 0 aromatic carbocycles. The topological polar surface area (TPSA) is 77.1 Å². The summed E-state index contributed by atoms with van der Waals surface area (Å²) in [5.41, 5.74) is 0.803. The van der Waals surface area contributed by atoms with Crippen LogP contribution in [0.3, 0.4) is 0 Å². The predicted octanol–water partition coefficient (Wildman–Crippen LogP) is 2.32. The molecule has 7 nitrogen and oxygen atoms in total. The van der Waals surface area contributed by atoms with Crippen molar-refractivity contribution >= 4 is 5.91 Å². The molecule has 7 heteroatoms. The molecule has 124 valence electrons. The van der Waals surface area contributed by atoms with Gasteiger partial charge in [0.25, 0.3) is 0 Å². The Kier molecular flexibility index (Phi) is 4.45. The van der Waals surface area contributed by atoms with Gasteiger partial charge < -0.3 is 9.42 Å². The zero-order valence-corrected chi connectivity index (χ0v) is 13.9. The van der Waals surface area contributed by atoms with Crippen LogP contribution in [0.4, 0.5) is 0 Å². The minimum atomic E-state index is -0.0706. The number of amides is 1. The highest BCUT2D eigenvalue weighted by Gasteiger charge is 2.33. The van der Waals surface area contributed by atoms with Crippen molar-refractivity contribution in [2.45, 2.75) is 58.5 Å². The fourth-order valence-electron chi connectivity index (χ4n) is 2.90. The number of hydrogen-bond acceptors (Lipinski definition) is 5. The molecule has 3 heterocycles. The van der Waals surface area contributed by atoms with E-state index in [0.29, 0.717) is 30.6 Å². The molecule has 3 rings (SSSR count). The average molecular weight is 317 g/mol. The number of carbonyl (C=O) groups excluding carboxylic acids is 1. The number of nitrogens with zero attached hydrogens (tertiary/aromatic N) is 5. The highest BCUT2D eigenvalue weighted by molar-refractivity contribution is 5.79. The van der Waals surface area contributed by atoms with E-state index in [1.54, 1.807) is 0 Å². The maximum atomic E-state index is 12.6. The van der Waals surface area contributed by atoms with Gasteiger partial charge in [-0.3, -0.25) is 9.48 Å². The van der Waals surface area contributed by atoms with E-state index >= 15 is 0 Å². The van der Waals surface area contributed by atoms with Crippen LogP contribution in [0.2, 0.25) is 0 Å². The Hall–Kier alpha value is -2.18. The van der Waals surface area contributed by atoms with Gasteiger partial charge in [0.1, 0.15) is 0 Å². The molecule has 0 N–H and O–H groups in total. The monoisotopic (exact) mass is 317 g/mol. The number of aromatic nitrogens is 4.